The molecule has 0 unspecified atom stereocenters. The number of carbonyl (C=O) groups excluding carboxylic acids is 10. The van der Waals surface area contributed by atoms with Crippen molar-refractivity contribution in [3.63, 3.8) is 0 Å². The maximum atomic E-state index is 14.4. The summed E-state index contributed by atoms with van der Waals surface area (Å²) in [6.07, 6.45) is -3.33. The number of carboxylic acids is 3. The first kappa shape index (κ1) is 60.8. The number of benzene rings is 1. The van der Waals surface area contributed by atoms with E-state index in [0.717, 1.165) is 11.8 Å². The summed E-state index contributed by atoms with van der Waals surface area (Å²) in [6, 6.07) is -6.76. The highest BCUT2D eigenvalue weighted by Gasteiger charge is 2.41. The van der Waals surface area contributed by atoms with Gasteiger partial charge in [0, 0.05) is 31.3 Å². The number of carbonyl (C=O) groups is 13. The van der Waals surface area contributed by atoms with Gasteiger partial charge >= 0.3 is 17.9 Å². The lowest BCUT2D eigenvalue weighted by Gasteiger charge is -2.31. The quantitative estimate of drug-likeness (QED) is 0.0346. The van der Waals surface area contributed by atoms with E-state index in [9.17, 15) is 77.6 Å². The monoisotopic (exact) mass is 1060 g/mol. The van der Waals surface area contributed by atoms with Crippen LogP contribution in [0.4, 0.5) is 0 Å². The van der Waals surface area contributed by atoms with Crippen LogP contribution in [-0.4, -0.2) is 179 Å². The number of amides is 10. The van der Waals surface area contributed by atoms with E-state index in [1.54, 1.807) is 44.2 Å². The van der Waals surface area contributed by atoms with E-state index in [4.69, 9.17) is 22.3 Å². The van der Waals surface area contributed by atoms with E-state index in [0.29, 0.717) is 5.56 Å². The lowest BCUT2D eigenvalue weighted by Crippen LogP contribution is -2.62. The highest BCUT2D eigenvalue weighted by atomic mass is 16.4. The summed E-state index contributed by atoms with van der Waals surface area (Å²) >= 11 is 0. The maximum Gasteiger partial charge on any atom is 0.326 e. The number of H-pyrrole nitrogens is 1. The van der Waals surface area contributed by atoms with Gasteiger partial charge in [-0.05, 0) is 31.2 Å². The Kier molecular flexibility index (Phi) is 23.2. The molecule has 410 valence electrons. The molecule has 0 bridgehead atoms. The van der Waals surface area contributed by atoms with Crippen LogP contribution in [0, 0.1) is 5.92 Å². The number of likely N-dealkylation sites (tertiary alicyclic amines) is 1. The molecule has 1 aliphatic heterocycles. The van der Waals surface area contributed by atoms with Crippen LogP contribution < -0.4 is 54.4 Å². The molecule has 10 amide bonds. The number of nitrogens with two attached hydrogens (primary N) is 3. The number of hydrogen-bond acceptors (Lipinski definition) is 16. The van der Waals surface area contributed by atoms with Gasteiger partial charge in [-0.2, -0.15) is 0 Å². The van der Waals surface area contributed by atoms with Gasteiger partial charge in [0.15, 0.2) is 0 Å². The van der Waals surface area contributed by atoms with E-state index < -0.39 is 169 Å². The standard InChI is InChI=1S/C45H63N13O17/c1-20(2)35(42(71)55-29(45(74)75)12-22-8-5-4-6-9-22)56-41(70)30-10-7-11-58(30)44(73)28(13-23-18-49-19-50-23)54-39(68)25(15-31(47)60)51-40(69)27(17-34(64)65)52-38(67)26(16-32(48)61)53-43(72)36(21(3)59)57-37(66)24(46)14-33(62)63/h4-6,8-9,18-21,24-30,35-36,59H,7,10-17,46H2,1-3H3,(H2,47,60)(H2,48,61)(H,49,50)(H,51,69)(H,52,67)(H,53,72)(H,54,68)(H,55,71)(H,56,70)(H,57,66)(H,62,63)(H,64,65)(H,74,75)/t21-,24+,25+,26+,27+,28+,29+,30+,35+,36+/m1/s1. The Hall–Kier alpha value is -8.54. The number of aliphatic hydroxyl groups is 1. The molecule has 0 saturated carbocycles. The van der Waals surface area contributed by atoms with Crippen molar-refractivity contribution in [1.29, 1.82) is 0 Å². The molecule has 2 heterocycles. The summed E-state index contributed by atoms with van der Waals surface area (Å²) in [7, 11) is 0. The molecule has 75 heavy (non-hydrogen) atoms. The highest BCUT2D eigenvalue weighted by molar-refractivity contribution is 6.01. The first-order valence-electron chi connectivity index (χ1n) is 23.3. The van der Waals surface area contributed by atoms with Crippen LogP contribution in [0.25, 0.3) is 0 Å². The Morgan fingerprint density at radius 3 is 1.63 bits per heavy atom. The molecule has 10 atom stereocenters. The van der Waals surface area contributed by atoms with Gasteiger partial charge in [0.25, 0.3) is 0 Å². The molecule has 1 saturated heterocycles. The number of aliphatic hydroxyl groups excluding tert-OH is 1. The molecule has 1 aromatic carbocycles. The highest BCUT2D eigenvalue weighted by Crippen LogP contribution is 2.21. The minimum atomic E-state index is -2.16. The molecule has 3 rings (SSSR count). The van der Waals surface area contributed by atoms with Gasteiger partial charge in [-0.1, -0.05) is 44.2 Å². The van der Waals surface area contributed by atoms with Crippen LogP contribution in [0.15, 0.2) is 42.9 Å². The average molecular weight is 1060 g/mol. The normalized spacial score (nSPS) is 16.7. The van der Waals surface area contributed by atoms with Gasteiger partial charge in [-0.15, -0.1) is 0 Å². The molecule has 1 aromatic heterocycles. The van der Waals surface area contributed by atoms with Crippen molar-refractivity contribution in [2.45, 2.75) is 133 Å². The van der Waals surface area contributed by atoms with E-state index in [2.05, 4.69) is 31.2 Å². The predicted octanol–water partition coefficient (Wildman–Crippen LogP) is -6.27. The lowest BCUT2D eigenvalue weighted by atomic mass is 10.0. The number of hydrogen-bond donors (Lipinski definition) is 15. The van der Waals surface area contributed by atoms with Gasteiger partial charge in [-0.25, -0.2) is 9.78 Å². The van der Waals surface area contributed by atoms with Crippen LogP contribution in [0.1, 0.15) is 70.6 Å². The molecule has 30 nitrogen and oxygen atoms in total. The van der Waals surface area contributed by atoms with Crippen molar-refractivity contribution in [2.75, 3.05) is 6.54 Å². The van der Waals surface area contributed by atoms with Gasteiger partial charge in [0.1, 0.15) is 48.3 Å². The molecular weight excluding hydrogens is 995 g/mol. The van der Waals surface area contributed by atoms with Crippen LogP contribution in [0.2, 0.25) is 0 Å². The molecule has 18 N–H and O–H groups in total. The number of aromatic amines is 1. The number of nitrogens with one attached hydrogen (secondary N) is 8. The Morgan fingerprint density at radius 2 is 1.15 bits per heavy atom. The van der Waals surface area contributed by atoms with Crippen LogP contribution in [-0.2, 0) is 75.2 Å². The fraction of sp³-hybridized carbons (Fsp3) is 0.511. The van der Waals surface area contributed by atoms with Gasteiger partial charge in [0.05, 0.1) is 44.2 Å². The van der Waals surface area contributed by atoms with Crippen molar-refractivity contribution in [3.8, 4) is 0 Å². The van der Waals surface area contributed by atoms with Crippen molar-refractivity contribution in [3.05, 3.63) is 54.1 Å². The summed E-state index contributed by atoms with van der Waals surface area (Å²) in [4.78, 5) is 176. The Balaban J connectivity index is 1.85. The van der Waals surface area contributed by atoms with Gasteiger partial charge in [-0.3, -0.25) is 57.5 Å². The molecule has 1 aliphatic rings. The minimum Gasteiger partial charge on any atom is -0.481 e. The van der Waals surface area contributed by atoms with E-state index >= 15 is 0 Å². The second-order valence-corrected chi connectivity index (χ2v) is 17.9. The molecular formula is C45H63N13O17. The third-order valence-corrected chi connectivity index (χ3v) is 11.5. The molecule has 0 radical (unpaired) electrons. The Morgan fingerprint density at radius 1 is 0.640 bits per heavy atom. The second kappa shape index (κ2) is 28.6. The van der Waals surface area contributed by atoms with Crippen molar-refractivity contribution < 1.29 is 82.8 Å². The molecule has 0 aliphatic carbocycles. The van der Waals surface area contributed by atoms with Crippen molar-refractivity contribution in [1.82, 2.24) is 52.1 Å². The zero-order chi connectivity index (χ0) is 56.3. The van der Waals surface area contributed by atoms with Crippen molar-refractivity contribution >= 4 is 77.0 Å². The SMILES string of the molecule is CC(C)[C@H](NC(=O)[C@@H]1CCCN1C(=O)[C@H](Cc1cnc[nH]1)NC(=O)[C@H](CC(N)=O)NC(=O)[C@H](CC(=O)O)NC(=O)[C@H](CC(N)=O)NC(=O)[C@@H](NC(=O)[C@@H](N)CC(=O)O)[C@@H](C)O)C(=O)N[C@@H](Cc1ccccc1)C(=O)O. The first-order valence-corrected chi connectivity index (χ1v) is 23.3. The molecule has 0 spiro atoms. The minimum absolute atomic E-state index is 0.0343. The largest absolute Gasteiger partial charge is 0.481 e. The summed E-state index contributed by atoms with van der Waals surface area (Å²) in [5.41, 5.74) is 17.1. The second-order valence-electron chi connectivity index (χ2n) is 17.9. The van der Waals surface area contributed by atoms with Crippen LogP contribution in [0.5, 0.6) is 0 Å². The Bertz CT molecular complexity index is 2420. The number of primary amides is 2. The van der Waals surface area contributed by atoms with Gasteiger partial charge in [0.2, 0.25) is 59.1 Å². The van der Waals surface area contributed by atoms with Crippen LogP contribution >= 0.6 is 0 Å². The molecule has 30 heteroatoms. The summed E-state index contributed by atoms with van der Waals surface area (Å²) in [5.74, 6) is -16.7. The zero-order valence-corrected chi connectivity index (χ0v) is 41.0. The summed E-state index contributed by atoms with van der Waals surface area (Å²) in [6.45, 7) is 4.20. The maximum absolute atomic E-state index is 14.4. The first-order chi connectivity index (χ1) is 35.2. The van der Waals surface area contributed by atoms with Crippen molar-refractivity contribution in [2.24, 2.45) is 23.1 Å². The number of imidazole rings is 1. The van der Waals surface area contributed by atoms with E-state index in [-0.39, 0.29) is 37.9 Å². The third kappa shape index (κ3) is 19.4. The fourth-order valence-electron chi connectivity index (χ4n) is 7.64. The lowest BCUT2D eigenvalue weighted by molar-refractivity contribution is -0.144. The zero-order valence-electron chi connectivity index (χ0n) is 41.0. The number of nitrogens with zero attached hydrogens (tertiary/aromatic N) is 2. The molecule has 2 aromatic rings. The smallest absolute Gasteiger partial charge is 0.326 e. The number of carboxylic acid groups (broad SMARTS) is 3. The van der Waals surface area contributed by atoms with E-state index in [1.165, 1.54) is 12.5 Å². The Labute approximate surface area is 427 Å². The number of aromatic nitrogens is 2. The third-order valence-electron chi connectivity index (χ3n) is 11.5. The van der Waals surface area contributed by atoms with Crippen LogP contribution in [0.3, 0.4) is 0 Å². The number of aliphatic carboxylic acids is 3. The number of rotatable bonds is 30. The predicted molar refractivity (Wildman–Crippen MR) is 255 cm³/mol. The van der Waals surface area contributed by atoms with E-state index in [1.807, 2.05) is 16.0 Å². The van der Waals surface area contributed by atoms with Gasteiger partial charge < -0.3 is 84.7 Å². The summed E-state index contributed by atoms with van der Waals surface area (Å²) in [5, 5.41) is 54.4. The average Bonchev–Trinajstić information content (AvgIpc) is 4.03. The topological polar surface area (TPSA) is 497 Å². The fourth-order valence-corrected chi connectivity index (χ4v) is 7.64. The molecule has 1 fully saturated rings. The summed E-state index contributed by atoms with van der Waals surface area (Å²) < 4.78 is 0.